The molecule has 2 aromatic rings. The second-order valence-corrected chi connectivity index (χ2v) is 5.19. The van der Waals surface area contributed by atoms with Gasteiger partial charge < -0.3 is 0 Å². The Hall–Kier alpha value is -1.68. The van der Waals surface area contributed by atoms with Crippen molar-refractivity contribution in [2.24, 2.45) is 0 Å². The Balaban J connectivity index is 1.96. The van der Waals surface area contributed by atoms with Crippen molar-refractivity contribution >= 4 is 27.7 Å². The van der Waals surface area contributed by atoms with Crippen LogP contribution in [0.3, 0.4) is 0 Å². The molecule has 0 bridgehead atoms. The summed E-state index contributed by atoms with van der Waals surface area (Å²) in [6, 6.07) is 13.7. The summed E-state index contributed by atoms with van der Waals surface area (Å²) in [5, 5.41) is 0. The zero-order valence-corrected chi connectivity index (χ0v) is 12.3. The van der Waals surface area contributed by atoms with E-state index in [-0.39, 0.29) is 5.91 Å². The van der Waals surface area contributed by atoms with Crippen LogP contribution in [0.4, 0.5) is 5.82 Å². The molecule has 0 atom stereocenters. The van der Waals surface area contributed by atoms with E-state index in [9.17, 15) is 4.79 Å². The molecule has 2 rings (SSSR count). The van der Waals surface area contributed by atoms with Gasteiger partial charge in [0.25, 0.3) is 0 Å². The highest BCUT2D eigenvalue weighted by molar-refractivity contribution is 9.10. The van der Waals surface area contributed by atoms with Gasteiger partial charge in [-0.1, -0.05) is 46.3 Å². The van der Waals surface area contributed by atoms with Gasteiger partial charge in [0.05, 0.1) is 0 Å². The normalized spacial score (nSPS) is 10.2. The monoisotopic (exact) mass is 318 g/mol. The number of halogens is 1. The average Bonchev–Trinajstić information content (AvgIpc) is 2.45. The Morgan fingerprint density at radius 2 is 2.00 bits per heavy atom. The minimum Gasteiger partial charge on any atom is -0.300 e. The minimum absolute atomic E-state index is 0.0643. The number of amides is 1. The molecule has 0 saturated heterocycles. The molecule has 0 radical (unpaired) electrons. The number of rotatable bonds is 4. The Morgan fingerprint density at radius 1 is 1.26 bits per heavy atom. The molecule has 0 N–H and O–H groups in total. The predicted molar refractivity (Wildman–Crippen MR) is 80.1 cm³/mol. The van der Waals surface area contributed by atoms with Crippen LogP contribution in [0.15, 0.2) is 53.1 Å². The first-order valence-electron chi connectivity index (χ1n) is 6.09. The average molecular weight is 319 g/mol. The van der Waals surface area contributed by atoms with Crippen molar-refractivity contribution in [2.45, 2.75) is 12.8 Å². The van der Waals surface area contributed by atoms with E-state index < -0.39 is 0 Å². The number of hydrogen-bond donors (Lipinski definition) is 0. The van der Waals surface area contributed by atoms with Crippen molar-refractivity contribution < 1.29 is 4.79 Å². The van der Waals surface area contributed by atoms with Crippen LogP contribution in [0.1, 0.15) is 12.0 Å². The summed E-state index contributed by atoms with van der Waals surface area (Å²) in [5.74, 6) is 0.724. The second-order valence-electron chi connectivity index (χ2n) is 4.27. The van der Waals surface area contributed by atoms with Crippen LogP contribution in [-0.4, -0.2) is 17.9 Å². The van der Waals surface area contributed by atoms with Gasteiger partial charge >= 0.3 is 0 Å². The fourth-order valence-corrected chi connectivity index (χ4v) is 2.09. The fraction of sp³-hybridized carbons (Fsp3) is 0.200. The Labute approximate surface area is 121 Å². The number of carbonyl (C=O) groups excluding carboxylic acids is 1. The lowest BCUT2D eigenvalue weighted by atomic mass is 10.1. The Kier molecular flexibility index (Phi) is 4.68. The summed E-state index contributed by atoms with van der Waals surface area (Å²) in [4.78, 5) is 17.9. The highest BCUT2D eigenvalue weighted by Crippen LogP contribution is 2.16. The largest absolute Gasteiger partial charge is 0.300 e. The van der Waals surface area contributed by atoms with Gasteiger partial charge in [0, 0.05) is 24.1 Å². The number of hydrogen-bond acceptors (Lipinski definition) is 2. The molecule has 0 unspecified atom stereocenters. The number of carbonyl (C=O) groups is 1. The van der Waals surface area contributed by atoms with Crippen LogP contribution in [0.5, 0.6) is 0 Å². The molecule has 0 aliphatic rings. The van der Waals surface area contributed by atoms with Crippen molar-refractivity contribution in [2.75, 3.05) is 11.9 Å². The molecule has 3 nitrogen and oxygen atoms in total. The molecule has 1 aromatic heterocycles. The zero-order chi connectivity index (χ0) is 13.7. The quantitative estimate of drug-likeness (QED) is 0.865. The smallest absolute Gasteiger partial charge is 0.228 e. The molecular formula is C15H15BrN2O. The Morgan fingerprint density at radius 3 is 2.68 bits per heavy atom. The molecule has 0 aliphatic carbocycles. The van der Waals surface area contributed by atoms with Gasteiger partial charge in [-0.15, -0.1) is 0 Å². The number of aromatic nitrogens is 1. The van der Waals surface area contributed by atoms with Crippen molar-refractivity contribution in [3.63, 3.8) is 0 Å². The molecule has 0 saturated carbocycles. The van der Waals surface area contributed by atoms with E-state index >= 15 is 0 Å². The number of anilines is 1. The number of benzene rings is 1. The van der Waals surface area contributed by atoms with Gasteiger partial charge in [0.15, 0.2) is 0 Å². The van der Waals surface area contributed by atoms with E-state index in [0.717, 1.165) is 10.9 Å². The maximum absolute atomic E-state index is 12.1. The van der Waals surface area contributed by atoms with Gasteiger partial charge in [0.2, 0.25) is 5.91 Å². The first kappa shape index (κ1) is 13.7. The number of pyridine rings is 1. The fourth-order valence-electron chi connectivity index (χ4n) is 1.77. The summed E-state index contributed by atoms with van der Waals surface area (Å²) < 4.78 is 0.917. The van der Waals surface area contributed by atoms with Crippen LogP contribution in [0.25, 0.3) is 0 Å². The SMILES string of the molecule is CN(C(=O)CCc1ccccc1)c1cc(Br)ccn1. The van der Waals surface area contributed by atoms with Crippen molar-refractivity contribution in [1.29, 1.82) is 0 Å². The maximum atomic E-state index is 12.1. The first-order chi connectivity index (χ1) is 9.16. The van der Waals surface area contributed by atoms with Crippen LogP contribution in [0, 0.1) is 0 Å². The van der Waals surface area contributed by atoms with Gasteiger partial charge in [0.1, 0.15) is 5.82 Å². The Bertz CT molecular complexity index is 557. The lowest BCUT2D eigenvalue weighted by molar-refractivity contribution is -0.118. The van der Waals surface area contributed by atoms with Gasteiger partial charge in [-0.2, -0.15) is 0 Å². The molecule has 1 amide bonds. The molecule has 4 heteroatoms. The summed E-state index contributed by atoms with van der Waals surface area (Å²) in [6.07, 6.45) is 2.91. The second kappa shape index (κ2) is 6.48. The van der Waals surface area contributed by atoms with E-state index in [1.54, 1.807) is 18.1 Å². The summed E-state index contributed by atoms with van der Waals surface area (Å²) in [5.41, 5.74) is 1.17. The summed E-state index contributed by atoms with van der Waals surface area (Å²) in [7, 11) is 1.75. The van der Waals surface area contributed by atoms with Gasteiger partial charge in [-0.3, -0.25) is 9.69 Å². The molecule has 0 aliphatic heterocycles. The standard InChI is InChI=1S/C15H15BrN2O/c1-18(14-11-13(16)9-10-17-14)15(19)8-7-12-5-3-2-4-6-12/h2-6,9-11H,7-8H2,1H3. The topological polar surface area (TPSA) is 33.2 Å². The minimum atomic E-state index is 0.0643. The van der Waals surface area contributed by atoms with E-state index in [0.29, 0.717) is 12.2 Å². The van der Waals surface area contributed by atoms with Crippen molar-refractivity contribution in [1.82, 2.24) is 4.98 Å². The molecule has 0 spiro atoms. The maximum Gasteiger partial charge on any atom is 0.228 e. The van der Waals surface area contributed by atoms with Crippen LogP contribution >= 0.6 is 15.9 Å². The third kappa shape index (κ3) is 3.89. The van der Waals surface area contributed by atoms with Gasteiger partial charge in [-0.25, -0.2) is 4.98 Å². The first-order valence-corrected chi connectivity index (χ1v) is 6.88. The third-order valence-corrected chi connectivity index (χ3v) is 3.39. The lowest BCUT2D eigenvalue weighted by Crippen LogP contribution is -2.27. The predicted octanol–water partition coefficient (Wildman–Crippen LogP) is 3.44. The third-order valence-electron chi connectivity index (χ3n) is 2.90. The lowest BCUT2D eigenvalue weighted by Gasteiger charge is -2.16. The van der Waals surface area contributed by atoms with Gasteiger partial charge in [-0.05, 0) is 24.1 Å². The number of nitrogens with zero attached hydrogens (tertiary/aromatic N) is 2. The molecular weight excluding hydrogens is 304 g/mol. The highest BCUT2D eigenvalue weighted by Gasteiger charge is 2.12. The van der Waals surface area contributed by atoms with Crippen molar-refractivity contribution in [3.8, 4) is 0 Å². The van der Waals surface area contributed by atoms with Crippen LogP contribution < -0.4 is 4.90 Å². The van der Waals surface area contributed by atoms with Crippen LogP contribution in [-0.2, 0) is 11.2 Å². The van der Waals surface area contributed by atoms with E-state index in [1.807, 2.05) is 42.5 Å². The summed E-state index contributed by atoms with van der Waals surface area (Å²) >= 11 is 3.38. The van der Waals surface area contributed by atoms with Crippen LogP contribution in [0.2, 0.25) is 0 Å². The molecule has 1 aromatic carbocycles. The van der Waals surface area contributed by atoms with E-state index in [4.69, 9.17) is 0 Å². The zero-order valence-electron chi connectivity index (χ0n) is 10.7. The highest BCUT2D eigenvalue weighted by atomic mass is 79.9. The molecule has 1 heterocycles. The molecule has 19 heavy (non-hydrogen) atoms. The molecule has 98 valence electrons. The molecule has 0 fully saturated rings. The van der Waals surface area contributed by atoms with E-state index in [1.165, 1.54) is 5.56 Å². The number of aryl methyl sites for hydroxylation is 1. The van der Waals surface area contributed by atoms with Crippen molar-refractivity contribution in [3.05, 3.63) is 58.7 Å². The van der Waals surface area contributed by atoms with E-state index in [2.05, 4.69) is 20.9 Å². The summed E-state index contributed by atoms with van der Waals surface area (Å²) in [6.45, 7) is 0.